The fourth-order valence-corrected chi connectivity index (χ4v) is 2.06. The number of rotatable bonds is 3. The molecule has 0 atom stereocenters. The van der Waals surface area contributed by atoms with Gasteiger partial charge in [-0.3, -0.25) is 0 Å². The van der Waals surface area contributed by atoms with E-state index in [9.17, 15) is 0 Å². The highest BCUT2D eigenvalue weighted by atomic mass is 16.5. The lowest BCUT2D eigenvalue weighted by atomic mass is 10.1. The summed E-state index contributed by atoms with van der Waals surface area (Å²) in [7, 11) is 0. The van der Waals surface area contributed by atoms with Crippen molar-refractivity contribution in [3.8, 4) is 5.75 Å². The van der Waals surface area contributed by atoms with Crippen molar-refractivity contribution in [3.05, 3.63) is 53.0 Å². The average Bonchev–Trinajstić information content (AvgIpc) is 2.84. The summed E-state index contributed by atoms with van der Waals surface area (Å²) in [5, 5.41) is 0. The van der Waals surface area contributed by atoms with Crippen LogP contribution in [-0.4, -0.2) is 9.97 Å². The molecule has 0 fully saturated rings. The number of benzene rings is 1. The quantitative estimate of drug-likeness (QED) is 0.726. The predicted octanol–water partition coefficient (Wildman–Crippen LogP) is 3.73. The lowest BCUT2D eigenvalue weighted by molar-refractivity contribution is 0.265. The lowest BCUT2D eigenvalue weighted by Crippen LogP contribution is -1.97. The first kappa shape index (κ1) is 12.7. The van der Waals surface area contributed by atoms with E-state index >= 15 is 0 Å². The van der Waals surface area contributed by atoms with Gasteiger partial charge in [0.15, 0.2) is 6.61 Å². The van der Waals surface area contributed by atoms with Crippen molar-refractivity contribution < 1.29 is 9.15 Å². The van der Waals surface area contributed by atoms with Gasteiger partial charge in [0, 0.05) is 6.20 Å². The number of ether oxygens (including phenoxy) is 1. The lowest BCUT2D eigenvalue weighted by Gasteiger charge is -2.07. The normalized spacial score (nSPS) is 10.9. The summed E-state index contributed by atoms with van der Waals surface area (Å²) < 4.78 is 11.4. The molecule has 3 rings (SSSR count). The van der Waals surface area contributed by atoms with Crippen molar-refractivity contribution in [2.45, 2.75) is 27.4 Å². The molecule has 2 aromatic heterocycles. The molecular formula is C16H16N2O2. The number of aryl methyl sites for hydroxylation is 3. The Balaban J connectivity index is 1.83. The van der Waals surface area contributed by atoms with Gasteiger partial charge in [-0.15, -0.1) is 0 Å². The topological polar surface area (TPSA) is 48.2 Å². The van der Waals surface area contributed by atoms with Crippen LogP contribution in [0.5, 0.6) is 5.75 Å². The van der Waals surface area contributed by atoms with E-state index in [4.69, 9.17) is 9.15 Å². The molecule has 0 N–H and O–H groups in total. The van der Waals surface area contributed by atoms with Gasteiger partial charge in [-0.25, -0.2) is 9.97 Å². The van der Waals surface area contributed by atoms with Gasteiger partial charge in [-0.1, -0.05) is 12.1 Å². The molecule has 0 unspecified atom stereocenters. The molecule has 1 aromatic carbocycles. The fraction of sp³-hybridized carbons (Fsp3) is 0.250. The van der Waals surface area contributed by atoms with Gasteiger partial charge in [0.1, 0.15) is 11.3 Å². The summed E-state index contributed by atoms with van der Waals surface area (Å²) in [6.45, 7) is 6.35. The molecule has 4 heteroatoms. The van der Waals surface area contributed by atoms with Crippen LogP contribution in [0.15, 0.2) is 34.9 Å². The van der Waals surface area contributed by atoms with Crippen molar-refractivity contribution in [2.24, 2.45) is 0 Å². The monoisotopic (exact) mass is 268 g/mol. The maximum atomic E-state index is 5.79. The third kappa shape index (κ3) is 2.37. The summed E-state index contributed by atoms with van der Waals surface area (Å²) in [5.74, 6) is 1.40. The number of fused-ring (bicyclic) bond motifs is 1. The molecule has 4 nitrogen and oxygen atoms in total. The van der Waals surface area contributed by atoms with Crippen molar-refractivity contribution in [1.29, 1.82) is 0 Å². The van der Waals surface area contributed by atoms with Crippen LogP contribution >= 0.6 is 0 Å². The van der Waals surface area contributed by atoms with Crippen molar-refractivity contribution in [2.75, 3.05) is 0 Å². The molecule has 0 aliphatic heterocycles. The number of hydrogen-bond acceptors (Lipinski definition) is 4. The van der Waals surface area contributed by atoms with Crippen molar-refractivity contribution in [3.63, 3.8) is 0 Å². The molecule has 0 radical (unpaired) electrons. The van der Waals surface area contributed by atoms with E-state index in [2.05, 4.69) is 16.0 Å². The van der Waals surface area contributed by atoms with E-state index < -0.39 is 0 Å². The largest absolute Gasteiger partial charge is 0.484 e. The molecule has 0 saturated carbocycles. The zero-order chi connectivity index (χ0) is 14.1. The van der Waals surface area contributed by atoms with Crippen LogP contribution in [0.25, 0.3) is 11.2 Å². The predicted molar refractivity (Wildman–Crippen MR) is 76.8 cm³/mol. The van der Waals surface area contributed by atoms with Crippen LogP contribution in [0.4, 0.5) is 0 Å². The number of hydrogen-bond donors (Lipinski definition) is 0. The first-order valence-corrected chi connectivity index (χ1v) is 6.54. The second kappa shape index (κ2) is 4.96. The zero-order valence-electron chi connectivity index (χ0n) is 11.8. The number of oxazole rings is 1. The Bertz CT molecular complexity index is 762. The van der Waals surface area contributed by atoms with Gasteiger partial charge in [0.25, 0.3) is 0 Å². The molecule has 3 aromatic rings. The molecule has 0 saturated heterocycles. The van der Waals surface area contributed by atoms with Gasteiger partial charge in [-0.2, -0.15) is 0 Å². The van der Waals surface area contributed by atoms with Crippen molar-refractivity contribution in [1.82, 2.24) is 9.97 Å². The smallest absolute Gasteiger partial charge is 0.247 e. The minimum Gasteiger partial charge on any atom is -0.484 e. The fourth-order valence-electron chi connectivity index (χ4n) is 2.06. The summed E-state index contributed by atoms with van der Waals surface area (Å²) in [4.78, 5) is 8.59. The summed E-state index contributed by atoms with van der Waals surface area (Å²) in [6, 6.07) is 8.04. The van der Waals surface area contributed by atoms with Gasteiger partial charge >= 0.3 is 0 Å². The second-order valence-corrected chi connectivity index (χ2v) is 4.95. The first-order chi connectivity index (χ1) is 9.63. The summed E-state index contributed by atoms with van der Waals surface area (Å²) >= 11 is 0. The standard InChI is InChI=1S/C16H16N2O2/c1-10-4-5-11(2)13(8-10)19-9-14-18-15-12(3)6-7-17-16(15)20-14/h4-8H,9H2,1-3H3. The Morgan fingerprint density at radius 2 is 1.95 bits per heavy atom. The summed E-state index contributed by atoms with van der Waals surface area (Å²) in [5.41, 5.74) is 4.68. The third-order valence-corrected chi connectivity index (χ3v) is 3.24. The van der Waals surface area contributed by atoms with E-state index in [0.717, 1.165) is 22.4 Å². The van der Waals surface area contributed by atoms with E-state index in [1.807, 2.05) is 39.0 Å². The molecule has 2 heterocycles. The molecule has 0 amide bonds. The first-order valence-electron chi connectivity index (χ1n) is 6.54. The summed E-state index contributed by atoms with van der Waals surface area (Å²) in [6.07, 6.45) is 1.72. The maximum Gasteiger partial charge on any atom is 0.247 e. The Hall–Kier alpha value is -2.36. The average molecular weight is 268 g/mol. The zero-order valence-corrected chi connectivity index (χ0v) is 11.8. The second-order valence-electron chi connectivity index (χ2n) is 4.95. The molecule has 102 valence electrons. The molecule has 0 aliphatic rings. The van der Waals surface area contributed by atoms with Crippen LogP contribution in [-0.2, 0) is 6.61 Å². The number of aromatic nitrogens is 2. The number of nitrogens with zero attached hydrogens (tertiary/aromatic N) is 2. The van der Waals surface area contributed by atoms with Gasteiger partial charge < -0.3 is 9.15 Å². The Morgan fingerprint density at radius 3 is 2.75 bits per heavy atom. The Labute approximate surface area is 117 Å². The highest BCUT2D eigenvalue weighted by Crippen LogP contribution is 2.22. The minimum atomic E-state index is 0.306. The minimum absolute atomic E-state index is 0.306. The van der Waals surface area contributed by atoms with E-state index in [1.54, 1.807) is 6.20 Å². The highest BCUT2D eigenvalue weighted by molar-refractivity contribution is 5.71. The van der Waals surface area contributed by atoms with Crippen LogP contribution in [0.2, 0.25) is 0 Å². The molecule has 0 bridgehead atoms. The van der Waals surface area contributed by atoms with Gasteiger partial charge in [0.2, 0.25) is 11.6 Å². The third-order valence-electron chi connectivity index (χ3n) is 3.24. The van der Waals surface area contributed by atoms with Crippen LogP contribution < -0.4 is 4.74 Å². The number of pyridine rings is 1. The van der Waals surface area contributed by atoms with E-state index in [0.29, 0.717) is 18.2 Å². The maximum absolute atomic E-state index is 5.79. The van der Waals surface area contributed by atoms with Crippen LogP contribution in [0, 0.1) is 20.8 Å². The SMILES string of the molecule is Cc1ccc(C)c(OCc2nc3c(C)ccnc3o2)c1. The Morgan fingerprint density at radius 1 is 1.10 bits per heavy atom. The molecular weight excluding hydrogens is 252 g/mol. The molecule has 20 heavy (non-hydrogen) atoms. The van der Waals surface area contributed by atoms with E-state index in [-0.39, 0.29) is 0 Å². The molecule has 0 spiro atoms. The molecule has 0 aliphatic carbocycles. The van der Waals surface area contributed by atoms with Crippen LogP contribution in [0.3, 0.4) is 0 Å². The highest BCUT2D eigenvalue weighted by Gasteiger charge is 2.10. The van der Waals surface area contributed by atoms with Crippen LogP contribution in [0.1, 0.15) is 22.6 Å². The van der Waals surface area contributed by atoms with E-state index in [1.165, 1.54) is 5.56 Å². The van der Waals surface area contributed by atoms with Gasteiger partial charge in [0.05, 0.1) is 0 Å². The van der Waals surface area contributed by atoms with Gasteiger partial charge in [-0.05, 0) is 49.6 Å². The Kier molecular flexibility index (Phi) is 3.14. The van der Waals surface area contributed by atoms with Crippen molar-refractivity contribution >= 4 is 11.2 Å².